The molecule has 0 unspecified atom stereocenters. The molecule has 0 saturated carbocycles. The molecule has 0 bridgehead atoms. The summed E-state index contributed by atoms with van der Waals surface area (Å²) in [5.74, 6) is 0.0666. The quantitative estimate of drug-likeness (QED) is 0.878. The predicted molar refractivity (Wildman–Crippen MR) is 81.9 cm³/mol. The highest BCUT2D eigenvalue weighted by atomic mass is 32.1. The topological polar surface area (TPSA) is 71.2 Å². The molecule has 1 aromatic heterocycles. The van der Waals surface area contributed by atoms with Crippen LogP contribution in [0, 0.1) is 6.92 Å². The third-order valence-electron chi connectivity index (χ3n) is 3.52. The molecule has 1 aliphatic rings. The molecule has 2 heterocycles. The fourth-order valence-electron chi connectivity index (χ4n) is 2.15. The number of aryl methyl sites for hydroxylation is 2. The van der Waals surface area contributed by atoms with Gasteiger partial charge in [0.1, 0.15) is 0 Å². The minimum absolute atomic E-state index is 0.0666. The van der Waals surface area contributed by atoms with Gasteiger partial charge in [-0.25, -0.2) is 4.98 Å². The van der Waals surface area contributed by atoms with Crippen LogP contribution in [-0.2, 0) is 6.42 Å². The monoisotopic (exact) mass is 294 g/mol. The summed E-state index contributed by atoms with van der Waals surface area (Å²) in [4.78, 5) is 19.9. The van der Waals surface area contributed by atoms with Crippen molar-refractivity contribution in [2.24, 2.45) is 5.73 Å². The summed E-state index contributed by atoms with van der Waals surface area (Å²) in [7, 11) is 0. The molecule has 1 saturated heterocycles. The average Bonchev–Trinajstić information content (AvgIpc) is 2.86. The van der Waals surface area contributed by atoms with E-state index in [1.165, 1.54) is 11.3 Å². The molecule has 5 nitrogen and oxygen atoms in total. The minimum atomic E-state index is 0.0666. The number of allylic oxidation sites excluding steroid dienone is 1. The summed E-state index contributed by atoms with van der Waals surface area (Å²) in [5, 5.41) is 3.87. The highest BCUT2D eigenvalue weighted by Gasteiger charge is 2.22. The number of amides is 1. The second kappa shape index (κ2) is 6.85. The fourth-order valence-corrected chi connectivity index (χ4v) is 3.08. The number of carbonyl (C=O) groups excluding carboxylic acids is 1. The average molecular weight is 294 g/mol. The number of nitrogens with zero attached hydrogens (tertiary/aromatic N) is 2. The van der Waals surface area contributed by atoms with Crippen LogP contribution in [0.2, 0.25) is 0 Å². The van der Waals surface area contributed by atoms with E-state index in [1.807, 2.05) is 18.7 Å². The van der Waals surface area contributed by atoms with Crippen molar-refractivity contribution in [2.75, 3.05) is 26.2 Å². The Bertz CT molecular complexity index is 503. The number of aromatic nitrogens is 1. The van der Waals surface area contributed by atoms with E-state index in [2.05, 4.69) is 10.3 Å². The van der Waals surface area contributed by atoms with E-state index in [-0.39, 0.29) is 5.91 Å². The molecule has 0 aromatic carbocycles. The van der Waals surface area contributed by atoms with Gasteiger partial charge in [0.25, 0.3) is 5.91 Å². The van der Waals surface area contributed by atoms with Gasteiger partial charge in [-0.15, -0.1) is 11.3 Å². The van der Waals surface area contributed by atoms with E-state index in [0.29, 0.717) is 5.01 Å². The standard InChI is InChI=1S/C14H22N4OS/c1-10(9-15)3-4-12-11(2)20-13(17-12)14(19)18-7-5-16-6-8-18/h9,16H,3-8,15H2,1-2H3/b10-9+. The number of rotatable bonds is 4. The summed E-state index contributed by atoms with van der Waals surface area (Å²) in [6.07, 6.45) is 3.37. The van der Waals surface area contributed by atoms with Gasteiger partial charge in [-0.2, -0.15) is 0 Å². The first-order valence-corrected chi connectivity index (χ1v) is 7.77. The number of piperazine rings is 1. The zero-order valence-electron chi connectivity index (χ0n) is 12.1. The normalized spacial score (nSPS) is 16.5. The van der Waals surface area contributed by atoms with Crippen LogP contribution in [0.3, 0.4) is 0 Å². The lowest BCUT2D eigenvalue weighted by molar-refractivity contribution is 0.0735. The predicted octanol–water partition coefficient (Wildman–Crippen LogP) is 1.29. The van der Waals surface area contributed by atoms with Gasteiger partial charge in [0, 0.05) is 31.1 Å². The van der Waals surface area contributed by atoms with Crippen LogP contribution >= 0.6 is 11.3 Å². The Morgan fingerprint density at radius 1 is 1.50 bits per heavy atom. The molecule has 2 rings (SSSR count). The van der Waals surface area contributed by atoms with Gasteiger partial charge in [0.2, 0.25) is 0 Å². The molecule has 1 amide bonds. The van der Waals surface area contributed by atoms with Crippen LogP contribution < -0.4 is 11.1 Å². The number of hydrogen-bond donors (Lipinski definition) is 2. The number of carbonyl (C=O) groups is 1. The maximum atomic E-state index is 12.4. The first-order chi connectivity index (χ1) is 9.61. The third-order valence-corrected chi connectivity index (χ3v) is 4.52. The molecule has 6 heteroatoms. The van der Waals surface area contributed by atoms with E-state index in [4.69, 9.17) is 5.73 Å². The number of thiazole rings is 1. The molecule has 1 fully saturated rings. The summed E-state index contributed by atoms with van der Waals surface area (Å²) in [5.41, 5.74) is 7.65. The Hall–Kier alpha value is -1.40. The van der Waals surface area contributed by atoms with Crippen molar-refractivity contribution in [1.82, 2.24) is 15.2 Å². The lowest BCUT2D eigenvalue weighted by atomic mass is 10.1. The second-order valence-corrected chi connectivity index (χ2v) is 6.28. The first-order valence-electron chi connectivity index (χ1n) is 6.95. The van der Waals surface area contributed by atoms with E-state index in [9.17, 15) is 4.79 Å². The van der Waals surface area contributed by atoms with E-state index < -0.39 is 0 Å². The van der Waals surface area contributed by atoms with Crippen LogP contribution in [0.1, 0.15) is 33.7 Å². The van der Waals surface area contributed by atoms with Gasteiger partial charge in [0.05, 0.1) is 5.69 Å². The van der Waals surface area contributed by atoms with Crippen molar-refractivity contribution in [3.05, 3.63) is 27.4 Å². The van der Waals surface area contributed by atoms with Gasteiger partial charge < -0.3 is 16.0 Å². The summed E-state index contributed by atoms with van der Waals surface area (Å²) in [6, 6.07) is 0. The Morgan fingerprint density at radius 2 is 2.20 bits per heavy atom. The molecule has 3 N–H and O–H groups in total. The maximum absolute atomic E-state index is 12.4. The van der Waals surface area contributed by atoms with Crippen molar-refractivity contribution >= 4 is 17.2 Å². The van der Waals surface area contributed by atoms with Gasteiger partial charge in [-0.3, -0.25) is 4.79 Å². The van der Waals surface area contributed by atoms with E-state index >= 15 is 0 Å². The van der Waals surface area contributed by atoms with Gasteiger partial charge in [0.15, 0.2) is 5.01 Å². The Morgan fingerprint density at radius 3 is 2.85 bits per heavy atom. The number of nitrogens with one attached hydrogen (secondary N) is 1. The number of nitrogens with two attached hydrogens (primary N) is 1. The van der Waals surface area contributed by atoms with Gasteiger partial charge >= 0.3 is 0 Å². The third kappa shape index (κ3) is 3.58. The van der Waals surface area contributed by atoms with E-state index in [0.717, 1.165) is 55.2 Å². The fraction of sp³-hybridized carbons (Fsp3) is 0.571. The molecule has 0 spiro atoms. The first kappa shape index (κ1) is 15.0. The van der Waals surface area contributed by atoms with Crippen LogP contribution in [0.15, 0.2) is 11.8 Å². The molecule has 0 aliphatic carbocycles. The van der Waals surface area contributed by atoms with Crippen LogP contribution in [0.5, 0.6) is 0 Å². The SMILES string of the molecule is C/C(=C\N)CCc1nc(C(=O)N2CCNCC2)sc1C. The molecule has 0 radical (unpaired) electrons. The maximum Gasteiger partial charge on any atom is 0.282 e. The zero-order chi connectivity index (χ0) is 14.5. The van der Waals surface area contributed by atoms with Crippen molar-refractivity contribution in [3.63, 3.8) is 0 Å². The van der Waals surface area contributed by atoms with Crippen LogP contribution in [0.25, 0.3) is 0 Å². The zero-order valence-corrected chi connectivity index (χ0v) is 12.9. The minimum Gasteiger partial charge on any atom is -0.405 e. The van der Waals surface area contributed by atoms with Crippen LogP contribution in [-0.4, -0.2) is 42.0 Å². The van der Waals surface area contributed by atoms with E-state index in [1.54, 1.807) is 6.20 Å². The van der Waals surface area contributed by atoms with Crippen LogP contribution in [0.4, 0.5) is 0 Å². The second-order valence-electron chi connectivity index (χ2n) is 5.08. The van der Waals surface area contributed by atoms with Gasteiger partial charge in [-0.1, -0.05) is 5.57 Å². The molecule has 1 aliphatic heterocycles. The molecule has 20 heavy (non-hydrogen) atoms. The Balaban J connectivity index is 2.04. The molecular formula is C14H22N4OS. The number of hydrogen-bond acceptors (Lipinski definition) is 5. The lowest BCUT2D eigenvalue weighted by Crippen LogP contribution is -2.46. The molecular weight excluding hydrogens is 272 g/mol. The van der Waals surface area contributed by atoms with Gasteiger partial charge in [-0.05, 0) is 32.9 Å². The van der Waals surface area contributed by atoms with Crippen molar-refractivity contribution in [3.8, 4) is 0 Å². The Kier molecular flexibility index (Phi) is 5.14. The largest absolute Gasteiger partial charge is 0.405 e. The lowest BCUT2D eigenvalue weighted by Gasteiger charge is -2.26. The van der Waals surface area contributed by atoms with Crippen molar-refractivity contribution < 1.29 is 4.79 Å². The molecule has 110 valence electrons. The summed E-state index contributed by atoms with van der Waals surface area (Å²) < 4.78 is 0. The smallest absolute Gasteiger partial charge is 0.282 e. The van der Waals surface area contributed by atoms with Crippen molar-refractivity contribution in [2.45, 2.75) is 26.7 Å². The molecule has 0 atom stereocenters. The highest BCUT2D eigenvalue weighted by molar-refractivity contribution is 7.13. The van der Waals surface area contributed by atoms with Crippen molar-refractivity contribution in [1.29, 1.82) is 0 Å². The molecule has 1 aromatic rings. The Labute approximate surface area is 123 Å². The summed E-state index contributed by atoms with van der Waals surface area (Å²) >= 11 is 1.50. The summed E-state index contributed by atoms with van der Waals surface area (Å²) in [6.45, 7) is 7.30. The highest BCUT2D eigenvalue weighted by Crippen LogP contribution is 2.21.